The van der Waals surface area contributed by atoms with Gasteiger partial charge in [0.1, 0.15) is 0 Å². The van der Waals surface area contributed by atoms with E-state index in [1.165, 1.54) is 0 Å². The number of aliphatic hydroxyl groups excluding tert-OH is 1. The molecule has 0 spiro atoms. The van der Waals surface area contributed by atoms with Crippen LogP contribution < -0.4 is 0 Å². The van der Waals surface area contributed by atoms with Crippen molar-refractivity contribution in [2.75, 3.05) is 6.61 Å². The molecule has 0 heterocycles. The zero-order chi connectivity index (χ0) is 12.4. The van der Waals surface area contributed by atoms with Crippen molar-refractivity contribution in [3.63, 3.8) is 0 Å². The van der Waals surface area contributed by atoms with E-state index < -0.39 is 5.60 Å². The van der Waals surface area contributed by atoms with Crippen LogP contribution in [0.15, 0.2) is 11.1 Å². The van der Waals surface area contributed by atoms with Gasteiger partial charge in [0.05, 0.1) is 12.2 Å². The Morgan fingerprint density at radius 3 is 2.65 bits per heavy atom. The average molecular weight is 236 g/mol. The fourth-order valence-electron chi connectivity index (χ4n) is 4.51. The Morgan fingerprint density at radius 1 is 1.29 bits per heavy atom. The Balaban J connectivity index is 2.04. The highest BCUT2D eigenvalue weighted by molar-refractivity contribution is 6.01. The first-order chi connectivity index (χ1) is 7.86. The predicted octanol–water partition coefficient (Wildman–Crippen LogP) is 1.44. The predicted molar refractivity (Wildman–Crippen MR) is 63.3 cm³/mol. The van der Waals surface area contributed by atoms with E-state index in [1.54, 1.807) is 0 Å². The smallest absolute Gasteiger partial charge is 0.164 e. The largest absolute Gasteiger partial charge is 0.392 e. The number of fused-ring (bicyclic) bond motifs is 3. The van der Waals surface area contributed by atoms with Crippen molar-refractivity contribution in [1.82, 2.24) is 0 Å². The zero-order valence-electron chi connectivity index (χ0n) is 10.5. The van der Waals surface area contributed by atoms with Crippen molar-refractivity contribution in [1.29, 1.82) is 0 Å². The van der Waals surface area contributed by atoms with Crippen LogP contribution in [0.3, 0.4) is 0 Å². The van der Waals surface area contributed by atoms with E-state index in [2.05, 4.69) is 13.8 Å². The van der Waals surface area contributed by atoms with Gasteiger partial charge < -0.3 is 10.2 Å². The Labute approximate surface area is 102 Å². The molecule has 0 aromatic carbocycles. The van der Waals surface area contributed by atoms with E-state index in [0.717, 1.165) is 18.4 Å². The van der Waals surface area contributed by atoms with Crippen LogP contribution in [0.5, 0.6) is 0 Å². The van der Waals surface area contributed by atoms with Crippen LogP contribution in [0.2, 0.25) is 0 Å². The highest BCUT2D eigenvalue weighted by atomic mass is 16.3. The molecular formula is C14H20O3. The quantitative estimate of drug-likeness (QED) is 0.724. The molecular weight excluding hydrogens is 216 g/mol. The fraction of sp³-hybridized carbons (Fsp3) is 0.786. The SMILES string of the molecule is CC1(C)CC2CC3(O)CC(=O)C(CO)=C3C2C1. The number of Topliss-reactive ketones (excluding diaryl/α,β-unsaturated/α-hetero) is 1. The van der Waals surface area contributed by atoms with E-state index in [-0.39, 0.29) is 18.8 Å². The van der Waals surface area contributed by atoms with Crippen LogP contribution in [0.4, 0.5) is 0 Å². The second-order valence-corrected chi connectivity index (χ2v) is 6.83. The Kier molecular flexibility index (Phi) is 2.15. The van der Waals surface area contributed by atoms with E-state index in [0.29, 0.717) is 29.2 Å². The average Bonchev–Trinajstić information content (AvgIpc) is 2.67. The Hall–Kier alpha value is -0.670. The van der Waals surface area contributed by atoms with Crippen LogP contribution in [-0.2, 0) is 4.79 Å². The lowest BCUT2D eigenvalue weighted by Crippen LogP contribution is -2.27. The van der Waals surface area contributed by atoms with Crippen molar-refractivity contribution in [3.8, 4) is 0 Å². The Morgan fingerprint density at radius 2 is 2.00 bits per heavy atom. The van der Waals surface area contributed by atoms with E-state index in [4.69, 9.17) is 0 Å². The fourth-order valence-corrected chi connectivity index (χ4v) is 4.51. The molecule has 0 amide bonds. The zero-order valence-corrected chi connectivity index (χ0v) is 10.5. The highest BCUT2D eigenvalue weighted by Crippen LogP contribution is 2.61. The number of ketones is 1. The second-order valence-electron chi connectivity index (χ2n) is 6.83. The standard InChI is InChI=1S/C14H20O3/c1-13(2)3-8-4-14(17)6-11(16)10(7-15)12(14)9(8)5-13/h8-9,15,17H,3-7H2,1-2H3. The van der Waals surface area contributed by atoms with Crippen LogP contribution in [0, 0.1) is 17.3 Å². The minimum Gasteiger partial charge on any atom is -0.392 e. The van der Waals surface area contributed by atoms with Gasteiger partial charge in [-0.3, -0.25) is 4.79 Å². The van der Waals surface area contributed by atoms with Crippen LogP contribution >= 0.6 is 0 Å². The van der Waals surface area contributed by atoms with Crippen LogP contribution in [0.25, 0.3) is 0 Å². The van der Waals surface area contributed by atoms with Gasteiger partial charge in [-0.2, -0.15) is 0 Å². The van der Waals surface area contributed by atoms with Gasteiger partial charge in [0.2, 0.25) is 0 Å². The van der Waals surface area contributed by atoms with Gasteiger partial charge in [-0.1, -0.05) is 13.8 Å². The number of carbonyl (C=O) groups excluding carboxylic acids is 1. The summed E-state index contributed by atoms with van der Waals surface area (Å²) in [4.78, 5) is 11.8. The van der Waals surface area contributed by atoms with Crippen molar-refractivity contribution in [2.24, 2.45) is 17.3 Å². The first-order valence-corrected chi connectivity index (χ1v) is 6.46. The van der Waals surface area contributed by atoms with E-state index in [1.807, 2.05) is 0 Å². The van der Waals surface area contributed by atoms with Gasteiger partial charge in [-0.25, -0.2) is 0 Å². The maximum absolute atomic E-state index is 11.8. The molecule has 2 saturated carbocycles. The third-order valence-corrected chi connectivity index (χ3v) is 4.90. The van der Waals surface area contributed by atoms with Gasteiger partial charge in [0.15, 0.2) is 5.78 Å². The minimum atomic E-state index is -0.916. The molecule has 3 nitrogen and oxygen atoms in total. The summed E-state index contributed by atoms with van der Waals surface area (Å²) in [5, 5.41) is 19.9. The maximum atomic E-state index is 11.8. The van der Waals surface area contributed by atoms with E-state index in [9.17, 15) is 15.0 Å². The molecule has 0 saturated heterocycles. The molecule has 3 heteroatoms. The second kappa shape index (κ2) is 3.21. The lowest BCUT2D eigenvalue weighted by molar-refractivity contribution is -0.117. The molecule has 0 aliphatic heterocycles. The molecule has 3 aliphatic carbocycles. The van der Waals surface area contributed by atoms with E-state index >= 15 is 0 Å². The highest BCUT2D eigenvalue weighted by Gasteiger charge is 2.58. The van der Waals surface area contributed by atoms with Crippen LogP contribution in [0.1, 0.15) is 39.5 Å². The molecule has 0 bridgehead atoms. The third kappa shape index (κ3) is 1.45. The third-order valence-electron chi connectivity index (χ3n) is 4.90. The topological polar surface area (TPSA) is 57.5 Å². The molecule has 94 valence electrons. The summed E-state index contributed by atoms with van der Waals surface area (Å²) in [7, 11) is 0. The lowest BCUT2D eigenvalue weighted by atomic mass is 9.84. The Bertz CT molecular complexity index is 421. The lowest BCUT2D eigenvalue weighted by Gasteiger charge is -2.25. The van der Waals surface area contributed by atoms with Gasteiger partial charge in [-0.05, 0) is 42.1 Å². The summed E-state index contributed by atoms with van der Waals surface area (Å²) in [6.07, 6.45) is 3.07. The molecule has 3 unspecified atom stereocenters. The molecule has 3 aliphatic rings. The monoisotopic (exact) mass is 236 g/mol. The maximum Gasteiger partial charge on any atom is 0.164 e. The molecule has 3 atom stereocenters. The summed E-state index contributed by atoms with van der Waals surface area (Å²) >= 11 is 0. The molecule has 2 N–H and O–H groups in total. The summed E-state index contributed by atoms with van der Waals surface area (Å²) in [5.74, 6) is 0.774. The molecule has 2 fully saturated rings. The summed E-state index contributed by atoms with van der Waals surface area (Å²) in [6.45, 7) is 4.29. The van der Waals surface area contributed by atoms with Crippen molar-refractivity contribution >= 4 is 5.78 Å². The minimum absolute atomic E-state index is 0.0480. The molecule has 3 rings (SSSR count). The van der Waals surface area contributed by atoms with Crippen LogP contribution in [-0.4, -0.2) is 28.2 Å². The summed E-state index contributed by atoms with van der Waals surface area (Å²) < 4.78 is 0. The van der Waals surface area contributed by atoms with Crippen molar-refractivity contribution < 1.29 is 15.0 Å². The van der Waals surface area contributed by atoms with Gasteiger partial charge in [0, 0.05) is 12.0 Å². The molecule has 0 radical (unpaired) electrons. The number of carbonyl (C=O) groups is 1. The summed E-state index contributed by atoms with van der Waals surface area (Å²) in [6, 6.07) is 0. The normalized spacial score (nSPS) is 43.2. The van der Waals surface area contributed by atoms with Gasteiger partial charge in [-0.15, -0.1) is 0 Å². The first-order valence-electron chi connectivity index (χ1n) is 6.46. The molecule has 0 aromatic rings. The van der Waals surface area contributed by atoms with Crippen molar-refractivity contribution in [3.05, 3.63) is 11.1 Å². The number of hydrogen-bond acceptors (Lipinski definition) is 3. The summed E-state index contributed by atoms with van der Waals surface area (Å²) in [5.41, 5.74) is 0.787. The van der Waals surface area contributed by atoms with Gasteiger partial charge in [0.25, 0.3) is 0 Å². The number of hydrogen-bond donors (Lipinski definition) is 2. The number of aliphatic hydroxyl groups is 2. The first kappa shape index (κ1) is 11.4. The van der Waals surface area contributed by atoms with Gasteiger partial charge >= 0.3 is 0 Å². The van der Waals surface area contributed by atoms with Crippen molar-refractivity contribution in [2.45, 2.75) is 45.1 Å². The molecule has 0 aromatic heterocycles. The number of rotatable bonds is 1. The molecule has 17 heavy (non-hydrogen) atoms.